The molecule has 16 heavy (non-hydrogen) atoms. The number of rotatable bonds is 3. The van der Waals surface area contributed by atoms with E-state index < -0.39 is 0 Å². The summed E-state index contributed by atoms with van der Waals surface area (Å²) < 4.78 is 1.76. The highest BCUT2D eigenvalue weighted by atomic mass is 32.1. The summed E-state index contributed by atoms with van der Waals surface area (Å²) in [6.45, 7) is 4.21. The Kier molecular flexibility index (Phi) is 3.07. The van der Waals surface area contributed by atoms with Crippen LogP contribution in [0.5, 0.6) is 0 Å². The van der Waals surface area contributed by atoms with Crippen molar-refractivity contribution in [3.8, 4) is 0 Å². The van der Waals surface area contributed by atoms with Crippen LogP contribution in [0.25, 0.3) is 0 Å². The molecule has 0 amide bonds. The summed E-state index contributed by atoms with van der Waals surface area (Å²) in [7, 11) is 1.89. The number of aryl methyl sites for hydroxylation is 3. The average molecular weight is 236 g/mol. The first kappa shape index (κ1) is 11.3. The van der Waals surface area contributed by atoms with E-state index in [4.69, 9.17) is 5.73 Å². The highest BCUT2D eigenvalue weighted by Crippen LogP contribution is 2.26. The van der Waals surface area contributed by atoms with Gasteiger partial charge in [0.25, 0.3) is 0 Å². The first-order chi connectivity index (χ1) is 7.61. The lowest BCUT2D eigenvalue weighted by Gasteiger charge is -2.04. The summed E-state index contributed by atoms with van der Waals surface area (Å²) in [4.78, 5) is 5.83. The molecule has 0 aromatic carbocycles. The van der Waals surface area contributed by atoms with Crippen LogP contribution < -0.4 is 5.73 Å². The normalized spacial score (nSPS) is 13.0. The fourth-order valence-corrected chi connectivity index (χ4v) is 2.70. The van der Waals surface area contributed by atoms with Gasteiger partial charge in [0.1, 0.15) is 5.01 Å². The lowest BCUT2D eigenvalue weighted by molar-refractivity contribution is 0.764. The molecule has 2 aromatic rings. The lowest BCUT2D eigenvalue weighted by atomic mass is 10.2. The topological polar surface area (TPSA) is 56.7 Å². The Balaban J connectivity index is 2.30. The highest BCUT2D eigenvalue weighted by Gasteiger charge is 2.16. The summed E-state index contributed by atoms with van der Waals surface area (Å²) in [5.41, 5.74) is 8.33. The Morgan fingerprint density at radius 3 is 2.81 bits per heavy atom. The number of nitrogens with zero attached hydrogens (tertiary/aromatic N) is 3. The van der Waals surface area contributed by atoms with E-state index in [-0.39, 0.29) is 6.04 Å². The van der Waals surface area contributed by atoms with Crippen LogP contribution in [0.3, 0.4) is 0 Å². The van der Waals surface area contributed by atoms with E-state index in [0.29, 0.717) is 0 Å². The van der Waals surface area contributed by atoms with Gasteiger partial charge in [-0.05, 0) is 13.3 Å². The van der Waals surface area contributed by atoms with Crippen LogP contribution in [0.2, 0.25) is 0 Å². The second-order valence-electron chi connectivity index (χ2n) is 3.83. The van der Waals surface area contributed by atoms with Crippen molar-refractivity contribution in [2.45, 2.75) is 26.3 Å². The molecule has 4 nitrogen and oxygen atoms in total. The summed E-state index contributed by atoms with van der Waals surface area (Å²) in [5.74, 6) is 0. The Labute approximate surface area is 99.1 Å². The summed E-state index contributed by atoms with van der Waals surface area (Å²) in [6, 6.07) is -0.155. The van der Waals surface area contributed by atoms with E-state index in [2.05, 4.69) is 23.9 Å². The lowest BCUT2D eigenvalue weighted by Crippen LogP contribution is -2.10. The number of hydrogen-bond donors (Lipinski definition) is 1. The zero-order chi connectivity index (χ0) is 11.7. The predicted octanol–water partition coefficient (Wildman–Crippen LogP) is 1.80. The van der Waals surface area contributed by atoms with E-state index in [9.17, 15) is 0 Å². The van der Waals surface area contributed by atoms with Gasteiger partial charge < -0.3 is 5.73 Å². The average Bonchev–Trinajstić information content (AvgIpc) is 2.83. The third-order valence-corrected chi connectivity index (χ3v) is 3.69. The van der Waals surface area contributed by atoms with Gasteiger partial charge in [0.2, 0.25) is 0 Å². The molecule has 1 unspecified atom stereocenters. The van der Waals surface area contributed by atoms with Gasteiger partial charge in [-0.25, -0.2) is 4.98 Å². The third kappa shape index (κ3) is 2.01. The number of hydrogen-bond acceptors (Lipinski definition) is 4. The molecule has 0 saturated heterocycles. The van der Waals surface area contributed by atoms with Gasteiger partial charge in [-0.15, -0.1) is 11.3 Å². The Hall–Kier alpha value is -1.20. The molecule has 0 bridgehead atoms. The third-order valence-electron chi connectivity index (χ3n) is 2.59. The number of aromatic nitrogens is 3. The molecule has 2 aromatic heterocycles. The van der Waals surface area contributed by atoms with Crippen LogP contribution in [0.15, 0.2) is 12.4 Å². The van der Waals surface area contributed by atoms with Gasteiger partial charge in [0.15, 0.2) is 0 Å². The molecule has 0 fully saturated rings. The fourth-order valence-electron chi connectivity index (χ4n) is 1.65. The molecule has 0 radical (unpaired) electrons. The number of nitrogens with two attached hydrogens (primary N) is 1. The molecule has 2 heterocycles. The van der Waals surface area contributed by atoms with Crippen molar-refractivity contribution in [3.63, 3.8) is 0 Å². The molecule has 2 rings (SSSR count). The van der Waals surface area contributed by atoms with Crippen molar-refractivity contribution in [3.05, 3.63) is 33.5 Å². The van der Waals surface area contributed by atoms with Crippen molar-refractivity contribution >= 4 is 11.3 Å². The minimum atomic E-state index is -0.155. The zero-order valence-corrected chi connectivity index (χ0v) is 10.6. The second-order valence-corrected chi connectivity index (χ2v) is 5.07. The van der Waals surface area contributed by atoms with E-state index in [0.717, 1.165) is 22.7 Å². The molecule has 0 aliphatic carbocycles. The molecule has 2 N–H and O–H groups in total. The van der Waals surface area contributed by atoms with Crippen LogP contribution in [0, 0.1) is 6.92 Å². The maximum atomic E-state index is 6.16. The van der Waals surface area contributed by atoms with Crippen LogP contribution in [-0.4, -0.2) is 14.8 Å². The summed E-state index contributed by atoms with van der Waals surface area (Å²) >= 11 is 1.68. The molecule has 86 valence electrons. The van der Waals surface area contributed by atoms with Gasteiger partial charge in [-0.3, -0.25) is 4.68 Å². The molecule has 0 aliphatic heterocycles. The van der Waals surface area contributed by atoms with Crippen molar-refractivity contribution in [2.24, 2.45) is 12.8 Å². The summed E-state index contributed by atoms with van der Waals surface area (Å²) in [6.07, 6.45) is 4.70. The quantitative estimate of drug-likeness (QED) is 0.884. The van der Waals surface area contributed by atoms with Gasteiger partial charge in [0, 0.05) is 23.7 Å². The first-order valence-corrected chi connectivity index (χ1v) is 6.13. The standard InChI is InChI=1S/C11H16N4S/c1-4-9-7(2)16-11(14-9)10(12)8-5-13-15(3)6-8/h5-6,10H,4,12H2,1-3H3. The minimum Gasteiger partial charge on any atom is -0.318 e. The molecular weight excluding hydrogens is 220 g/mol. The SMILES string of the molecule is CCc1nc(C(N)c2cnn(C)c2)sc1C. The van der Waals surface area contributed by atoms with E-state index in [1.807, 2.05) is 13.2 Å². The Morgan fingerprint density at radius 2 is 2.31 bits per heavy atom. The smallest absolute Gasteiger partial charge is 0.115 e. The zero-order valence-electron chi connectivity index (χ0n) is 9.77. The first-order valence-electron chi connectivity index (χ1n) is 5.32. The molecular formula is C11H16N4S. The van der Waals surface area contributed by atoms with Gasteiger partial charge >= 0.3 is 0 Å². The van der Waals surface area contributed by atoms with Crippen molar-refractivity contribution in [2.75, 3.05) is 0 Å². The minimum absolute atomic E-state index is 0.155. The Morgan fingerprint density at radius 1 is 1.56 bits per heavy atom. The van der Waals surface area contributed by atoms with Gasteiger partial charge in [0.05, 0.1) is 17.9 Å². The molecule has 1 atom stereocenters. The molecule has 0 spiro atoms. The monoisotopic (exact) mass is 236 g/mol. The molecule has 0 saturated carbocycles. The van der Waals surface area contributed by atoms with Crippen molar-refractivity contribution in [1.82, 2.24) is 14.8 Å². The second kappa shape index (κ2) is 4.35. The number of thiazole rings is 1. The van der Waals surface area contributed by atoms with E-state index >= 15 is 0 Å². The van der Waals surface area contributed by atoms with Crippen LogP contribution in [0.4, 0.5) is 0 Å². The van der Waals surface area contributed by atoms with E-state index in [1.54, 1.807) is 22.2 Å². The molecule has 5 heteroatoms. The van der Waals surface area contributed by atoms with E-state index in [1.165, 1.54) is 4.88 Å². The van der Waals surface area contributed by atoms with Crippen molar-refractivity contribution < 1.29 is 0 Å². The van der Waals surface area contributed by atoms with Crippen LogP contribution in [-0.2, 0) is 13.5 Å². The predicted molar refractivity (Wildman–Crippen MR) is 65.5 cm³/mol. The fraction of sp³-hybridized carbons (Fsp3) is 0.455. The highest BCUT2D eigenvalue weighted by molar-refractivity contribution is 7.11. The maximum absolute atomic E-state index is 6.16. The summed E-state index contributed by atoms with van der Waals surface area (Å²) in [5, 5.41) is 5.10. The van der Waals surface area contributed by atoms with Crippen LogP contribution in [0.1, 0.15) is 34.1 Å². The van der Waals surface area contributed by atoms with Gasteiger partial charge in [-0.1, -0.05) is 6.92 Å². The van der Waals surface area contributed by atoms with Crippen molar-refractivity contribution in [1.29, 1.82) is 0 Å². The van der Waals surface area contributed by atoms with Gasteiger partial charge in [-0.2, -0.15) is 5.10 Å². The Bertz CT molecular complexity index is 486. The largest absolute Gasteiger partial charge is 0.318 e. The molecule has 0 aliphatic rings. The van der Waals surface area contributed by atoms with Crippen LogP contribution >= 0.6 is 11.3 Å². The maximum Gasteiger partial charge on any atom is 0.115 e.